The molecule has 0 heterocycles. The van der Waals surface area contributed by atoms with Crippen LogP contribution in [0.25, 0.3) is 0 Å². The van der Waals surface area contributed by atoms with Crippen LogP contribution in [-0.2, 0) is 19.1 Å². The Kier molecular flexibility index (Phi) is 6.33. The number of hydrogen-bond donors (Lipinski definition) is 0. The van der Waals surface area contributed by atoms with Gasteiger partial charge < -0.3 is 9.47 Å². The first-order valence-electron chi connectivity index (χ1n) is 5.06. The maximum absolute atomic E-state index is 11.8. The quantitative estimate of drug-likeness (QED) is 0.325. The standard InChI is InChI=1S/C11H17BrO4/c1-5-8(12)11(4,9(13)15-6-2)10(14)16-7-3/h5,8H,1,6-7H2,2-4H3. The molecule has 1 unspecified atom stereocenters. The summed E-state index contributed by atoms with van der Waals surface area (Å²) >= 11 is 3.22. The third kappa shape index (κ3) is 3.07. The monoisotopic (exact) mass is 292 g/mol. The van der Waals surface area contributed by atoms with E-state index in [1.807, 2.05) is 0 Å². The zero-order valence-electron chi connectivity index (χ0n) is 9.79. The summed E-state index contributed by atoms with van der Waals surface area (Å²) in [7, 11) is 0. The molecule has 0 fully saturated rings. The van der Waals surface area contributed by atoms with Crippen LogP contribution in [0.1, 0.15) is 20.8 Å². The second-order valence-corrected chi connectivity index (χ2v) is 4.27. The lowest BCUT2D eigenvalue weighted by molar-refractivity contribution is -0.169. The maximum Gasteiger partial charge on any atom is 0.324 e. The van der Waals surface area contributed by atoms with Crippen LogP contribution >= 0.6 is 15.9 Å². The van der Waals surface area contributed by atoms with Gasteiger partial charge in [0.05, 0.1) is 18.0 Å². The van der Waals surface area contributed by atoms with Crippen LogP contribution in [0.3, 0.4) is 0 Å². The van der Waals surface area contributed by atoms with Gasteiger partial charge in [-0.2, -0.15) is 0 Å². The Morgan fingerprint density at radius 1 is 1.31 bits per heavy atom. The van der Waals surface area contributed by atoms with E-state index in [9.17, 15) is 9.59 Å². The molecule has 4 nitrogen and oxygen atoms in total. The van der Waals surface area contributed by atoms with Crippen LogP contribution < -0.4 is 0 Å². The van der Waals surface area contributed by atoms with Crippen molar-refractivity contribution in [3.05, 3.63) is 12.7 Å². The lowest BCUT2D eigenvalue weighted by Crippen LogP contribution is -2.45. The molecule has 0 saturated heterocycles. The van der Waals surface area contributed by atoms with Gasteiger partial charge in [-0.05, 0) is 20.8 Å². The number of rotatable bonds is 6. The summed E-state index contributed by atoms with van der Waals surface area (Å²) < 4.78 is 9.76. The molecule has 5 heteroatoms. The maximum atomic E-state index is 11.8. The lowest BCUT2D eigenvalue weighted by atomic mass is 9.87. The fourth-order valence-electron chi connectivity index (χ4n) is 1.11. The Hall–Kier alpha value is -0.840. The lowest BCUT2D eigenvalue weighted by Gasteiger charge is -2.27. The number of carbonyl (C=O) groups is 2. The Balaban J connectivity index is 5.09. The van der Waals surface area contributed by atoms with Crippen LogP contribution in [-0.4, -0.2) is 30.0 Å². The van der Waals surface area contributed by atoms with Crippen LogP contribution in [0, 0.1) is 5.41 Å². The fourth-order valence-corrected chi connectivity index (χ4v) is 1.48. The predicted octanol–water partition coefficient (Wildman–Crippen LogP) is 2.07. The third-order valence-electron chi connectivity index (χ3n) is 2.16. The average molecular weight is 293 g/mol. The predicted molar refractivity (Wildman–Crippen MR) is 64.3 cm³/mol. The highest BCUT2D eigenvalue weighted by Gasteiger charge is 2.48. The van der Waals surface area contributed by atoms with E-state index in [0.29, 0.717) is 0 Å². The molecular formula is C11H17BrO4. The molecular weight excluding hydrogens is 276 g/mol. The second-order valence-electron chi connectivity index (χ2n) is 3.28. The summed E-state index contributed by atoms with van der Waals surface area (Å²) in [5.41, 5.74) is -1.40. The molecule has 1 atom stereocenters. The number of hydrogen-bond acceptors (Lipinski definition) is 4. The number of ether oxygens (including phenoxy) is 2. The largest absolute Gasteiger partial charge is 0.465 e. The van der Waals surface area contributed by atoms with Crippen molar-refractivity contribution in [1.29, 1.82) is 0 Å². The normalized spacial score (nSPS) is 12.8. The van der Waals surface area contributed by atoms with E-state index >= 15 is 0 Å². The SMILES string of the molecule is C=CC(Br)C(C)(C(=O)OCC)C(=O)OCC. The van der Waals surface area contributed by atoms with Crippen molar-refractivity contribution >= 4 is 27.9 Å². The number of carbonyl (C=O) groups excluding carboxylic acids is 2. The van der Waals surface area contributed by atoms with E-state index < -0.39 is 22.2 Å². The summed E-state index contributed by atoms with van der Waals surface area (Å²) in [5, 5.41) is 0. The molecule has 0 rings (SSSR count). The van der Waals surface area contributed by atoms with Crippen molar-refractivity contribution in [3.8, 4) is 0 Å². The Morgan fingerprint density at radius 3 is 1.94 bits per heavy atom. The molecule has 0 saturated carbocycles. The molecule has 0 aliphatic carbocycles. The molecule has 0 N–H and O–H groups in total. The highest BCUT2D eigenvalue weighted by molar-refractivity contribution is 9.09. The minimum absolute atomic E-state index is 0.213. The summed E-state index contributed by atoms with van der Waals surface area (Å²) in [6.07, 6.45) is 1.47. The zero-order chi connectivity index (χ0) is 12.8. The smallest absolute Gasteiger partial charge is 0.324 e. The third-order valence-corrected chi connectivity index (χ3v) is 3.45. The van der Waals surface area contributed by atoms with Crippen LogP contribution in [0.4, 0.5) is 0 Å². The number of alkyl halides is 1. The van der Waals surface area contributed by atoms with E-state index in [4.69, 9.17) is 9.47 Å². The molecule has 0 aliphatic heterocycles. The second kappa shape index (κ2) is 6.68. The molecule has 0 spiro atoms. The van der Waals surface area contributed by atoms with E-state index in [2.05, 4.69) is 22.5 Å². The minimum Gasteiger partial charge on any atom is -0.465 e. The highest BCUT2D eigenvalue weighted by atomic mass is 79.9. The summed E-state index contributed by atoms with van der Waals surface area (Å²) in [6.45, 7) is 8.81. The first-order chi connectivity index (χ1) is 7.44. The van der Waals surface area contributed by atoms with E-state index in [1.54, 1.807) is 13.8 Å². The van der Waals surface area contributed by atoms with Gasteiger partial charge in [-0.15, -0.1) is 6.58 Å². The van der Waals surface area contributed by atoms with Crippen molar-refractivity contribution in [3.63, 3.8) is 0 Å². The fraction of sp³-hybridized carbons (Fsp3) is 0.636. The van der Waals surface area contributed by atoms with Gasteiger partial charge in [0.15, 0.2) is 5.41 Å². The number of allylic oxidation sites excluding steroid dienone is 1. The summed E-state index contributed by atoms with van der Waals surface area (Å²) in [5.74, 6) is -1.23. The molecule has 92 valence electrons. The Morgan fingerprint density at radius 2 is 1.69 bits per heavy atom. The Bertz CT molecular complexity index is 257. The summed E-state index contributed by atoms with van der Waals surface area (Å²) in [6, 6.07) is 0. The minimum atomic E-state index is -1.40. The molecule has 16 heavy (non-hydrogen) atoms. The van der Waals surface area contributed by atoms with Crippen molar-refractivity contribution in [2.75, 3.05) is 13.2 Å². The first-order valence-corrected chi connectivity index (χ1v) is 5.97. The average Bonchev–Trinajstić information content (AvgIpc) is 2.27. The number of esters is 2. The van der Waals surface area contributed by atoms with Gasteiger partial charge in [-0.1, -0.05) is 22.0 Å². The van der Waals surface area contributed by atoms with Gasteiger partial charge in [0.2, 0.25) is 0 Å². The molecule has 0 aromatic carbocycles. The summed E-state index contributed by atoms with van der Waals surface area (Å²) in [4.78, 5) is 23.0. The molecule has 0 amide bonds. The van der Waals surface area contributed by atoms with E-state index in [0.717, 1.165) is 0 Å². The molecule has 0 aromatic heterocycles. The van der Waals surface area contributed by atoms with Crippen molar-refractivity contribution in [2.24, 2.45) is 5.41 Å². The van der Waals surface area contributed by atoms with Gasteiger partial charge in [0.25, 0.3) is 0 Å². The van der Waals surface area contributed by atoms with E-state index in [-0.39, 0.29) is 13.2 Å². The highest BCUT2D eigenvalue weighted by Crippen LogP contribution is 2.31. The van der Waals surface area contributed by atoms with Gasteiger partial charge in [0, 0.05) is 0 Å². The number of halogens is 1. The van der Waals surface area contributed by atoms with Crippen LogP contribution in [0.2, 0.25) is 0 Å². The molecule has 0 aliphatic rings. The first kappa shape index (κ1) is 15.2. The van der Waals surface area contributed by atoms with Crippen molar-refractivity contribution in [1.82, 2.24) is 0 Å². The molecule has 0 radical (unpaired) electrons. The van der Waals surface area contributed by atoms with Crippen molar-refractivity contribution in [2.45, 2.75) is 25.6 Å². The van der Waals surface area contributed by atoms with E-state index in [1.165, 1.54) is 13.0 Å². The van der Waals surface area contributed by atoms with Gasteiger partial charge in [-0.25, -0.2) is 0 Å². The van der Waals surface area contributed by atoms with Gasteiger partial charge in [0.1, 0.15) is 0 Å². The molecule has 0 aromatic rings. The zero-order valence-corrected chi connectivity index (χ0v) is 11.4. The van der Waals surface area contributed by atoms with Crippen molar-refractivity contribution < 1.29 is 19.1 Å². The van der Waals surface area contributed by atoms with Gasteiger partial charge in [-0.3, -0.25) is 9.59 Å². The van der Waals surface area contributed by atoms with Gasteiger partial charge >= 0.3 is 11.9 Å². The van der Waals surface area contributed by atoms with Crippen LogP contribution in [0.15, 0.2) is 12.7 Å². The van der Waals surface area contributed by atoms with Crippen LogP contribution in [0.5, 0.6) is 0 Å². The topological polar surface area (TPSA) is 52.6 Å². The Labute approximate surface area is 104 Å². The molecule has 0 bridgehead atoms.